The Kier molecular flexibility index (Phi) is 2.79. The van der Waals surface area contributed by atoms with E-state index in [0.717, 1.165) is 17.4 Å². The average molecular weight is 268 g/mol. The summed E-state index contributed by atoms with van der Waals surface area (Å²) < 4.78 is 2.04. The molecule has 3 heteroatoms. The summed E-state index contributed by atoms with van der Waals surface area (Å²) in [5.74, 6) is 1.68. The molecule has 2 fully saturated rings. The molecule has 0 unspecified atom stereocenters. The van der Waals surface area contributed by atoms with Gasteiger partial charge in [-0.1, -0.05) is 18.2 Å². The van der Waals surface area contributed by atoms with Crippen LogP contribution in [0.5, 0.6) is 0 Å². The van der Waals surface area contributed by atoms with Crippen LogP contribution in [0, 0.1) is 11.8 Å². The third-order valence-electron chi connectivity index (χ3n) is 4.58. The molecule has 0 aliphatic heterocycles. The van der Waals surface area contributed by atoms with E-state index in [-0.39, 0.29) is 5.91 Å². The molecule has 2 aliphatic rings. The molecule has 2 aliphatic carbocycles. The van der Waals surface area contributed by atoms with Crippen LogP contribution in [0.15, 0.2) is 36.5 Å². The molecule has 2 aromatic rings. The first-order chi connectivity index (χ1) is 9.81. The van der Waals surface area contributed by atoms with Crippen molar-refractivity contribution in [2.24, 2.45) is 11.8 Å². The standard InChI is InChI=1S/C17H20N2O/c20-16(18-17(13-5-6-13)14-7-8-14)11-19-10-9-12-3-1-2-4-15(12)19/h1-4,9-10,13-14,17H,5-8,11H2,(H,18,20). The molecule has 1 amide bonds. The smallest absolute Gasteiger partial charge is 0.240 e. The minimum atomic E-state index is 0.162. The predicted molar refractivity (Wildman–Crippen MR) is 79.3 cm³/mol. The van der Waals surface area contributed by atoms with Crippen molar-refractivity contribution in [3.05, 3.63) is 36.5 Å². The second kappa shape index (κ2) is 4.65. The Hall–Kier alpha value is -1.77. The van der Waals surface area contributed by atoms with E-state index >= 15 is 0 Å². The van der Waals surface area contributed by atoms with Gasteiger partial charge in [0.15, 0.2) is 0 Å². The van der Waals surface area contributed by atoms with Gasteiger partial charge in [0, 0.05) is 17.8 Å². The van der Waals surface area contributed by atoms with Crippen molar-refractivity contribution >= 4 is 16.8 Å². The largest absolute Gasteiger partial charge is 0.351 e. The normalized spacial score (nSPS) is 18.6. The summed E-state index contributed by atoms with van der Waals surface area (Å²) in [5, 5.41) is 4.48. The minimum Gasteiger partial charge on any atom is -0.351 e. The Balaban J connectivity index is 1.46. The summed E-state index contributed by atoms with van der Waals surface area (Å²) in [4.78, 5) is 12.3. The first kappa shape index (κ1) is 12.0. The van der Waals surface area contributed by atoms with Crippen LogP contribution in [-0.2, 0) is 11.3 Å². The predicted octanol–water partition coefficient (Wildman–Crippen LogP) is 2.95. The van der Waals surface area contributed by atoms with Crippen molar-refractivity contribution < 1.29 is 4.79 Å². The lowest BCUT2D eigenvalue weighted by atomic mass is 10.1. The molecule has 1 heterocycles. The van der Waals surface area contributed by atoms with Crippen molar-refractivity contribution in [3.8, 4) is 0 Å². The summed E-state index contributed by atoms with van der Waals surface area (Å²) in [5.41, 5.74) is 1.14. The number of rotatable bonds is 5. The Morgan fingerprint density at radius 1 is 1.15 bits per heavy atom. The molecule has 4 rings (SSSR count). The third kappa shape index (κ3) is 2.33. The van der Waals surface area contributed by atoms with Gasteiger partial charge in [0.25, 0.3) is 0 Å². The van der Waals surface area contributed by atoms with Crippen molar-refractivity contribution in [1.29, 1.82) is 0 Å². The molecule has 0 atom stereocenters. The molecule has 104 valence electrons. The van der Waals surface area contributed by atoms with E-state index < -0.39 is 0 Å². The Morgan fingerprint density at radius 2 is 1.85 bits per heavy atom. The van der Waals surface area contributed by atoms with E-state index in [0.29, 0.717) is 12.6 Å². The SMILES string of the molecule is O=C(Cn1ccc2ccccc21)NC(C1CC1)C1CC1. The van der Waals surface area contributed by atoms with Crippen LogP contribution in [0.1, 0.15) is 25.7 Å². The van der Waals surface area contributed by atoms with E-state index in [4.69, 9.17) is 0 Å². The van der Waals surface area contributed by atoms with Gasteiger partial charge < -0.3 is 9.88 Å². The number of carbonyl (C=O) groups is 1. The molecular weight excluding hydrogens is 248 g/mol. The Bertz CT molecular complexity index is 625. The molecule has 0 spiro atoms. The van der Waals surface area contributed by atoms with Gasteiger partial charge in [0.1, 0.15) is 6.54 Å². The maximum atomic E-state index is 12.3. The summed E-state index contributed by atoms with van der Waals surface area (Å²) in [6, 6.07) is 10.7. The first-order valence-electron chi connectivity index (χ1n) is 7.64. The number of benzene rings is 1. The maximum absolute atomic E-state index is 12.3. The molecule has 0 radical (unpaired) electrons. The molecule has 0 bridgehead atoms. The summed E-state index contributed by atoms with van der Waals surface area (Å²) in [6.07, 6.45) is 7.21. The highest BCUT2D eigenvalue weighted by Gasteiger charge is 2.42. The topological polar surface area (TPSA) is 34.0 Å². The molecule has 1 aromatic carbocycles. The zero-order chi connectivity index (χ0) is 13.5. The van der Waals surface area contributed by atoms with Gasteiger partial charge in [0.2, 0.25) is 5.91 Å². The maximum Gasteiger partial charge on any atom is 0.240 e. The summed E-state index contributed by atoms with van der Waals surface area (Å²) >= 11 is 0. The van der Waals surface area contributed by atoms with Crippen LogP contribution in [0.4, 0.5) is 0 Å². The van der Waals surface area contributed by atoms with E-state index in [1.54, 1.807) is 0 Å². The van der Waals surface area contributed by atoms with Crippen molar-refractivity contribution in [2.75, 3.05) is 0 Å². The zero-order valence-corrected chi connectivity index (χ0v) is 11.6. The van der Waals surface area contributed by atoms with Gasteiger partial charge >= 0.3 is 0 Å². The quantitative estimate of drug-likeness (QED) is 0.889. The summed E-state index contributed by atoms with van der Waals surface area (Å²) in [7, 11) is 0. The number of hydrogen-bond acceptors (Lipinski definition) is 1. The number of nitrogens with zero attached hydrogens (tertiary/aromatic N) is 1. The van der Waals surface area contributed by atoms with Crippen molar-refractivity contribution in [2.45, 2.75) is 38.3 Å². The van der Waals surface area contributed by atoms with Gasteiger partial charge in [-0.05, 0) is 55.0 Å². The number of aromatic nitrogens is 1. The number of para-hydroxylation sites is 1. The number of hydrogen-bond donors (Lipinski definition) is 1. The fourth-order valence-electron chi connectivity index (χ4n) is 3.20. The molecule has 20 heavy (non-hydrogen) atoms. The third-order valence-corrected chi connectivity index (χ3v) is 4.58. The molecule has 0 saturated heterocycles. The monoisotopic (exact) mass is 268 g/mol. The van der Waals surface area contributed by atoms with Gasteiger partial charge in [0.05, 0.1) is 0 Å². The number of amides is 1. The van der Waals surface area contributed by atoms with Crippen LogP contribution in [0.2, 0.25) is 0 Å². The molecule has 1 N–H and O–H groups in total. The second-order valence-electron chi connectivity index (χ2n) is 6.27. The lowest BCUT2D eigenvalue weighted by molar-refractivity contribution is -0.122. The van der Waals surface area contributed by atoms with Crippen LogP contribution < -0.4 is 5.32 Å². The zero-order valence-electron chi connectivity index (χ0n) is 11.6. The number of nitrogens with one attached hydrogen (secondary N) is 1. The fourth-order valence-corrected chi connectivity index (χ4v) is 3.20. The van der Waals surface area contributed by atoms with Crippen LogP contribution in [-0.4, -0.2) is 16.5 Å². The Labute approximate surface area is 119 Å². The highest BCUT2D eigenvalue weighted by Crippen LogP contribution is 2.44. The lowest BCUT2D eigenvalue weighted by Gasteiger charge is -2.18. The average Bonchev–Trinajstić information content (AvgIpc) is 3.35. The van der Waals surface area contributed by atoms with E-state index in [1.165, 1.54) is 31.1 Å². The van der Waals surface area contributed by atoms with Crippen LogP contribution in [0.3, 0.4) is 0 Å². The number of fused-ring (bicyclic) bond motifs is 1. The van der Waals surface area contributed by atoms with Crippen molar-refractivity contribution in [1.82, 2.24) is 9.88 Å². The van der Waals surface area contributed by atoms with Crippen molar-refractivity contribution in [3.63, 3.8) is 0 Å². The fraction of sp³-hybridized carbons (Fsp3) is 0.471. The second-order valence-corrected chi connectivity index (χ2v) is 6.27. The van der Waals surface area contributed by atoms with Crippen LogP contribution >= 0.6 is 0 Å². The first-order valence-corrected chi connectivity index (χ1v) is 7.64. The number of carbonyl (C=O) groups excluding carboxylic acids is 1. The lowest BCUT2D eigenvalue weighted by Crippen LogP contribution is -2.39. The van der Waals surface area contributed by atoms with Gasteiger partial charge in [-0.25, -0.2) is 0 Å². The highest BCUT2D eigenvalue weighted by atomic mass is 16.2. The molecule has 1 aromatic heterocycles. The highest BCUT2D eigenvalue weighted by molar-refractivity contribution is 5.83. The molecular formula is C17H20N2O. The Morgan fingerprint density at radius 3 is 2.55 bits per heavy atom. The molecule has 2 saturated carbocycles. The van der Waals surface area contributed by atoms with E-state index in [2.05, 4.69) is 23.5 Å². The van der Waals surface area contributed by atoms with Gasteiger partial charge in [-0.2, -0.15) is 0 Å². The summed E-state index contributed by atoms with van der Waals surface area (Å²) in [6.45, 7) is 0.434. The van der Waals surface area contributed by atoms with E-state index in [9.17, 15) is 4.79 Å². The van der Waals surface area contributed by atoms with E-state index in [1.807, 2.05) is 22.9 Å². The van der Waals surface area contributed by atoms with Crippen LogP contribution in [0.25, 0.3) is 10.9 Å². The minimum absolute atomic E-state index is 0.162. The molecule has 3 nitrogen and oxygen atoms in total. The van der Waals surface area contributed by atoms with Gasteiger partial charge in [-0.3, -0.25) is 4.79 Å². The van der Waals surface area contributed by atoms with Gasteiger partial charge in [-0.15, -0.1) is 0 Å².